The van der Waals surface area contributed by atoms with Gasteiger partial charge in [0.05, 0.1) is 0 Å². The average molecular weight is 204 g/mol. The Hall–Kier alpha value is -1.51. The average Bonchev–Trinajstić information content (AvgIpc) is 2.30. The number of nitrogens with one attached hydrogen (secondary N) is 1. The third kappa shape index (κ3) is 2.29. The number of amides is 1. The summed E-state index contributed by atoms with van der Waals surface area (Å²) < 4.78 is 0. The Morgan fingerprint density at radius 1 is 1.40 bits per heavy atom. The molecule has 0 aromatic heterocycles. The minimum Gasteiger partial charge on any atom is -0.370 e. The Morgan fingerprint density at radius 2 is 2.27 bits per heavy atom. The number of hydrogen-bond acceptors (Lipinski definition) is 2. The molecular formula is C12H16N2O. The number of para-hydroxylation sites is 1. The molecule has 1 heterocycles. The van der Waals surface area contributed by atoms with Crippen LogP contribution in [-0.2, 0) is 11.2 Å². The largest absolute Gasteiger partial charge is 0.370 e. The first kappa shape index (κ1) is 10.0. The summed E-state index contributed by atoms with van der Waals surface area (Å²) in [5, 5.41) is 2.70. The molecule has 3 heteroatoms. The molecule has 0 saturated carbocycles. The van der Waals surface area contributed by atoms with E-state index in [1.807, 2.05) is 0 Å². The van der Waals surface area contributed by atoms with E-state index in [1.54, 1.807) is 0 Å². The molecular weight excluding hydrogens is 188 g/mol. The summed E-state index contributed by atoms with van der Waals surface area (Å²) in [5.41, 5.74) is 2.76. The van der Waals surface area contributed by atoms with Crippen LogP contribution in [0.25, 0.3) is 0 Å². The molecule has 0 unspecified atom stereocenters. The number of fused-ring (bicyclic) bond motifs is 1. The number of carbonyl (C=O) groups excluding carboxylic acids is 1. The van der Waals surface area contributed by atoms with Crippen molar-refractivity contribution in [3.8, 4) is 0 Å². The highest BCUT2D eigenvalue weighted by Crippen LogP contribution is 2.25. The SMILES string of the molecule is O=CNCCN1CCCc2ccccc21. The van der Waals surface area contributed by atoms with Gasteiger partial charge in [-0.05, 0) is 24.5 Å². The molecule has 0 aliphatic carbocycles. The van der Waals surface area contributed by atoms with Gasteiger partial charge in [-0.2, -0.15) is 0 Å². The molecule has 0 fully saturated rings. The zero-order chi connectivity index (χ0) is 10.5. The number of anilines is 1. The fourth-order valence-electron chi connectivity index (χ4n) is 2.10. The van der Waals surface area contributed by atoms with Crippen molar-refractivity contribution in [3.63, 3.8) is 0 Å². The van der Waals surface area contributed by atoms with Crippen molar-refractivity contribution in [2.75, 3.05) is 24.5 Å². The van der Waals surface area contributed by atoms with Crippen molar-refractivity contribution in [1.29, 1.82) is 0 Å². The quantitative estimate of drug-likeness (QED) is 0.590. The Morgan fingerprint density at radius 3 is 3.13 bits per heavy atom. The molecule has 3 nitrogen and oxygen atoms in total. The second-order valence-electron chi connectivity index (χ2n) is 3.79. The van der Waals surface area contributed by atoms with Gasteiger partial charge in [-0.3, -0.25) is 4.79 Å². The molecule has 1 aromatic carbocycles. The zero-order valence-corrected chi connectivity index (χ0v) is 8.78. The van der Waals surface area contributed by atoms with Gasteiger partial charge in [0.2, 0.25) is 6.41 Å². The molecule has 1 aromatic rings. The van der Waals surface area contributed by atoms with Gasteiger partial charge in [-0.15, -0.1) is 0 Å². The van der Waals surface area contributed by atoms with Crippen LogP contribution >= 0.6 is 0 Å². The maximum absolute atomic E-state index is 10.2. The smallest absolute Gasteiger partial charge is 0.207 e. The molecule has 1 aliphatic rings. The first-order valence-corrected chi connectivity index (χ1v) is 5.41. The number of aryl methyl sites for hydroxylation is 1. The Balaban J connectivity index is 2.05. The van der Waals surface area contributed by atoms with Gasteiger partial charge >= 0.3 is 0 Å². The van der Waals surface area contributed by atoms with E-state index >= 15 is 0 Å². The molecule has 0 bridgehead atoms. The monoisotopic (exact) mass is 204 g/mol. The predicted molar refractivity (Wildman–Crippen MR) is 61.0 cm³/mol. The van der Waals surface area contributed by atoms with E-state index in [1.165, 1.54) is 24.1 Å². The van der Waals surface area contributed by atoms with Crippen molar-refractivity contribution in [3.05, 3.63) is 29.8 Å². The Labute approximate surface area is 90.1 Å². The normalized spacial score (nSPS) is 14.5. The Bertz CT molecular complexity index is 338. The molecule has 15 heavy (non-hydrogen) atoms. The molecule has 0 radical (unpaired) electrons. The Kier molecular flexibility index (Phi) is 3.22. The first-order valence-electron chi connectivity index (χ1n) is 5.41. The molecule has 80 valence electrons. The van der Waals surface area contributed by atoms with Crippen molar-refractivity contribution in [1.82, 2.24) is 5.32 Å². The predicted octanol–water partition coefficient (Wildman–Crippen LogP) is 1.19. The molecule has 1 amide bonds. The van der Waals surface area contributed by atoms with Gasteiger partial charge in [0.1, 0.15) is 0 Å². The second kappa shape index (κ2) is 4.82. The third-order valence-electron chi connectivity index (χ3n) is 2.82. The summed E-state index contributed by atoms with van der Waals surface area (Å²) in [4.78, 5) is 12.5. The fourth-order valence-corrected chi connectivity index (χ4v) is 2.10. The summed E-state index contributed by atoms with van der Waals surface area (Å²) in [6.07, 6.45) is 3.14. The number of rotatable bonds is 4. The van der Waals surface area contributed by atoms with E-state index in [9.17, 15) is 4.79 Å². The van der Waals surface area contributed by atoms with Gasteiger partial charge in [0.25, 0.3) is 0 Å². The summed E-state index contributed by atoms with van der Waals surface area (Å²) in [5.74, 6) is 0. The lowest BCUT2D eigenvalue weighted by Gasteiger charge is -2.31. The highest BCUT2D eigenvalue weighted by molar-refractivity contribution is 5.55. The number of nitrogens with zero attached hydrogens (tertiary/aromatic N) is 1. The molecule has 1 N–H and O–H groups in total. The van der Waals surface area contributed by atoms with Crippen LogP contribution in [0.1, 0.15) is 12.0 Å². The highest BCUT2D eigenvalue weighted by Gasteiger charge is 2.14. The summed E-state index contributed by atoms with van der Waals surface area (Å²) in [6.45, 7) is 2.71. The molecule has 0 spiro atoms. The van der Waals surface area contributed by atoms with Gasteiger partial charge in [0, 0.05) is 25.3 Å². The highest BCUT2D eigenvalue weighted by atomic mass is 16.1. The van der Waals surface area contributed by atoms with Crippen molar-refractivity contribution >= 4 is 12.1 Å². The van der Waals surface area contributed by atoms with Gasteiger partial charge in [-0.1, -0.05) is 18.2 Å². The van der Waals surface area contributed by atoms with E-state index in [2.05, 4.69) is 34.5 Å². The van der Waals surface area contributed by atoms with E-state index in [4.69, 9.17) is 0 Å². The molecule has 2 rings (SSSR count). The van der Waals surface area contributed by atoms with Crippen LogP contribution in [0.3, 0.4) is 0 Å². The van der Waals surface area contributed by atoms with Crippen LogP contribution in [0, 0.1) is 0 Å². The van der Waals surface area contributed by atoms with Gasteiger partial charge < -0.3 is 10.2 Å². The molecule has 1 aliphatic heterocycles. The topological polar surface area (TPSA) is 32.3 Å². The van der Waals surface area contributed by atoms with Gasteiger partial charge in [0.15, 0.2) is 0 Å². The zero-order valence-electron chi connectivity index (χ0n) is 8.78. The summed E-state index contributed by atoms with van der Waals surface area (Å²) >= 11 is 0. The van der Waals surface area contributed by atoms with Crippen LogP contribution in [0.4, 0.5) is 5.69 Å². The van der Waals surface area contributed by atoms with Gasteiger partial charge in [-0.25, -0.2) is 0 Å². The second-order valence-corrected chi connectivity index (χ2v) is 3.79. The first-order chi connectivity index (χ1) is 7.42. The van der Waals surface area contributed by atoms with Crippen LogP contribution in [-0.4, -0.2) is 26.0 Å². The number of benzene rings is 1. The van der Waals surface area contributed by atoms with Crippen molar-refractivity contribution in [2.45, 2.75) is 12.8 Å². The van der Waals surface area contributed by atoms with E-state index in [0.717, 1.165) is 26.0 Å². The maximum Gasteiger partial charge on any atom is 0.207 e. The molecule has 0 saturated heterocycles. The summed E-state index contributed by atoms with van der Waals surface area (Å²) in [7, 11) is 0. The standard InChI is InChI=1S/C12H16N2O/c15-10-13-7-9-14-8-3-5-11-4-1-2-6-12(11)14/h1-2,4,6,10H,3,5,7-9H2,(H,13,15). The number of hydrogen-bond donors (Lipinski definition) is 1. The lowest BCUT2D eigenvalue weighted by molar-refractivity contribution is -0.109. The van der Waals surface area contributed by atoms with Crippen molar-refractivity contribution in [2.24, 2.45) is 0 Å². The lowest BCUT2D eigenvalue weighted by Crippen LogP contribution is -2.35. The van der Waals surface area contributed by atoms with E-state index in [-0.39, 0.29) is 0 Å². The third-order valence-corrected chi connectivity index (χ3v) is 2.82. The van der Waals surface area contributed by atoms with E-state index in [0.29, 0.717) is 0 Å². The van der Waals surface area contributed by atoms with Crippen LogP contribution < -0.4 is 10.2 Å². The molecule has 0 atom stereocenters. The van der Waals surface area contributed by atoms with Crippen LogP contribution in [0.2, 0.25) is 0 Å². The van der Waals surface area contributed by atoms with Crippen molar-refractivity contribution < 1.29 is 4.79 Å². The summed E-state index contributed by atoms with van der Waals surface area (Å²) in [6, 6.07) is 8.51. The van der Waals surface area contributed by atoms with Crippen LogP contribution in [0.15, 0.2) is 24.3 Å². The fraction of sp³-hybridized carbons (Fsp3) is 0.417. The minimum absolute atomic E-state index is 0.720. The minimum atomic E-state index is 0.720. The van der Waals surface area contributed by atoms with Crippen LogP contribution in [0.5, 0.6) is 0 Å². The number of carbonyl (C=O) groups is 1. The van der Waals surface area contributed by atoms with E-state index < -0.39 is 0 Å². The maximum atomic E-state index is 10.2. The lowest BCUT2D eigenvalue weighted by atomic mass is 10.0.